The van der Waals surface area contributed by atoms with Gasteiger partial charge in [0, 0.05) is 13.0 Å². The Morgan fingerprint density at radius 3 is 2.75 bits per heavy atom. The number of benzene rings is 1. The molecule has 0 heterocycles. The summed E-state index contributed by atoms with van der Waals surface area (Å²) >= 11 is 0. The van der Waals surface area contributed by atoms with Crippen LogP contribution in [0.1, 0.15) is 43.9 Å². The van der Waals surface area contributed by atoms with Gasteiger partial charge >= 0.3 is 0 Å². The molecule has 1 aromatic carbocycles. The van der Waals surface area contributed by atoms with E-state index in [0.29, 0.717) is 19.3 Å². The summed E-state index contributed by atoms with van der Waals surface area (Å²) < 4.78 is 11.5. The minimum atomic E-state index is 0.240. The summed E-state index contributed by atoms with van der Waals surface area (Å²) in [6.45, 7) is 7.56. The van der Waals surface area contributed by atoms with Crippen LogP contribution in [-0.2, 0) is 15.9 Å². The lowest BCUT2D eigenvalue weighted by Gasteiger charge is -2.22. The van der Waals surface area contributed by atoms with Gasteiger partial charge in [-0.3, -0.25) is 0 Å². The van der Waals surface area contributed by atoms with Crippen molar-refractivity contribution < 1.29 is 9.47 Å². The minimum Gasteiger partial charge on any atom is -0.379 e. The highest BCUT2D eigenvalue weighted by Crippen LogP contribution is 2.33. The molecule has 0 bridgehead atoms. The number of hydrogen-bond donors (Lipinski definition) is 1. The molecule has 1 N–H and O–H groups in total. The van der Waals surface area contributed by atoms with Gasteiger partial charge in [0.1, 0.15) is 0 Å². The van der Waals surface area contributed by atoms with Gasteiger partial charge in [-0.15, -0.1) is 0 Å². The van der Waals surface area contributed by atoms with Crippen LogP contribution in [0.5, 0.6) is 0 Å². The smallest absolute Gasteiger partial charge is 0.0811 e. The van der Waals surface area contributed by atoms with E-state index < -0.39 is 0 Å². The molecule has 1 aliphatic carbocycles. The van der Waals surface area contributed by atoms with Crippen LogP contribution >= 0.6 is 0 Å². The summed E-state index contributed by atoms with van der Waals surface area (Å²) in [6, 6.07) is 9.00. The maximum absolute atomic E-state index is 6.05. The number of nitrogens with one attached hydrogen (secondary N) is 1. The predicted molar refractivity (Wildman–Crippen MR) is 82.0 cm³/mol. The first-order valence-electron chi connectivity index (χ1n) is 7.87. The monoisotopic (exact) mass is 277 g/mol. The van der Waals surface area contributed by atoms with Crippen molar-refractivity contribution in [2.24, 2.45) is 0 Å². The van der Waals surface area contributed by atoms with Gasteiger partial charge in [0.25, 0.3) is 0 Å². The maximum atomic E-state index is 6.05. The fourth-order valence-corrected chi connectivity index (χ4v) is 2.76. The zero-order chi connectivity index (χ0) is 14.2. The summed E-state index contributed by atoms with van der Waals surface area (Å²) in [5.74, 6) is 0. The van der Waals surface area contributed by atoms with Gasteiger partial charge in [-0.05, 0) is 30.5 Å². The molecule has 0 amide bonds. The second-order valence-electron chi connectivity index (χ2n) is 5.36. The fraction of sp³-hybridized carbons (Fsp3) is 0.647. The Kier molecular flexibility index (Phi) is 6.51. The Bertz CT molecular complexity index is 394. The van der Waals surface area contributed by atoms with E-state index in [-0.39, 0.29) is 6.10 Å². The Labute approximate surface area is 122 Å². The van der Waals surface area contributed by atoms with E-state index >= 15 is 0 Å². The number of fused-ring (bicyclic) bond motifs is 1. The summed E-state index contributed by atoms with van der Waals surface area (Å²) in [5.41, 5.74) is 2.82. The van der Waals surface area contributed by atoms with Gasteiger partial charge in [0.05, 0.1) is 25.4 Å². The van der Waals surface area contributed by atoms with Crippen molar-refractivity contribution in [1.82, 2.24) is 5.32 Å². The van der Waals surface area contributed by atoms with E-state index in [1.165, 1.54) is 11.1 Å². The lowest BCUT2D eigenvalue weighted by Crippen LogP contribution is -2.32. The quantitative estimate of drug-likeness (QED) is 0.704. The highest BCUT2D eigenvalue weighted by Gasteiger charge is 2.32. The molecule has 0 aliphatic heterocycles. The van der Waals surface area contributed by atoms with E-state index in [2.05, 4.69) is 43.4 Å². The van der Waals surface area contributed by atoms with Crippen LogP contribution < -0.4 is 5.32 Å². The Morgan fingerprint density at radius 2 is 1.95 bits per heavy atom. The average molecular weight is 277 g/mol. The summed E-state index contributed by atoms with van der Waals surface area (Å²) in [4.78, 5) is 0. The number of ether oxygens (including phenoxy) is 2. The van der Waals surface area contributed by atoms with Crippen molar-refractivity contribution in [2.75, 3.05) is 26.4 Å². The molecule has 2 rings (SSSR count). The van der Waals surface area contributed by atoms with Crippen molar-refractivity contribution in [2.45, 2.75) is 45.3 Å². The first kappa shape index (κ1) is 15.5. The SMILES string of the molecule is CCCNC1c2ccccc2CC1OCCOCCC. The van der Waals surface area contributed by atoms with Crippen LogP contribution in [0.15, 0.2) is 24.3 Å². The third-order valence-corrected chi connectivity index (χ3v) is 3.71. The molecular formula is C17H27NO2. The standard InChI is InChI=1S/C17H27NO2/c1-3-9-18-17-15-8-6-5-7-14(15)13-16(17)20-12-11-19-10-4-2/h5-8,16-18H,3-4,9-13H2,1-2H3. The van der Waals surface area contributed by atoms with Crippen molar-refractivity contribution in [3.8, 4) is 0 Å². The fourth-order valence-electron chi connectivity index (χ4n) is 2.76. The molecule has 0 saturated heterocycles. The first-order valence-corrected chi connectivity index (χ1v) is 7.87. The third-order valence-electron chi connectivity index (χ3n) is 3.71. The molecule has 112 valence electrons. The molecule has 0 aromatic heterocycles. The van der Waals surface area contributed by atoms with Crippen LogP contribution in [0.3, 0.4) is 0 Å². The van der Waals surface area contributed by atoms with Gasteiger partial charge in [0.15, 0.2) is 0 Å². The largest absolute Gasteiger partial charge is 0.379 e. The van der Waals surface area contributed by atoms with Gasteiger partial charge in [-0.1, -0.05) is 38.1 Å². The second-order valence-corrected chi connectivity index (χ2v) is 5.36. The average Bonchev–Trinajstić information content (AvgIpc) is 2.82. The molecule has 20 heavy (non-hydrogen) atoms. The van der Waals surface area contributed by atoms with Gasteiger partial charge in [-0.2, -0.15) is 0 Å². The molecule has 1 aromatic rings. The van der Waals surface area contributed by atoms with Crippen molar-refractivity contribution >= 4 is 0 Å². The predicted octanol–water partition coefficient (Wildman–Crippen LogP) is 3.10. The van der Waals surface area contributed by atoms with E-state index in [0.717, 1.165) is 32.4 Å². The zero-order valence-corrected chi connectivity index (χ0v) is 12.7. The molecule has 0 radical (unpaired) electrons. The van der Waals surface area contributed by atoms with Gasteiger partial charge in [-0.25, -0.2) is 0 Å². The second kappa shape index (κ2) is 8.40. The topological polar surface area (TPSA) is 30.5 Å². The number of rotatable bonds is 9. The van der Waals surface area contributed by atoms with E-state index in [1.807, 2.05) is 0 Å². The Hall–Kier alpha value is -0.900. The Morgan fingerprint density at radius 1 is 1.10 bits per heavy atom. The van der Waals surface area contributed by atoms with Crippen LogP contribution in [0.25, 0.3) is 0 Å². The molecule has 2 unspecified atom stereocenters. The third kappa shape index (κ3) is 4.05. The molecule has 3 nitrogen and oxygen atoms in total. The number of hydrogen-bond acceptors (Lipinski definition) is 3. The van der Waals surface area contributed by atoms with E-state index in [9.17, 15) is 0 Å². The van der Waals surface area contributed by atoms with Crippen molar-refractivity contribution in [3.05, 3.63) is 35.4 Å². The Balaban J connectivity index is 1.88. The summed E-state index contributed by atoms with van der Waals surface area (Å²) in [6.07, 6.45) is 3.45. The highest BCUT2D eigenvalue weighted by molar-refractivity contribution is 5.36. The van der Waals surface area contributed by atoms with Crippen LogP contribution in [-0.4, -0.2) is 32.5 Å². The van der Waals surface area contributed by atoms with Crippen LogP contribution in [0, 0.1) is 0 Å². The maximum Gasteiger partial charge on any atom is 0.0811 e. The van der Waals surface area contributed by atoms with Crippen molar-refractivity contribution in [1.29, 1.82) is 0 Å². The van der Waals surface area contributed by atoms with Crippen LogP contribution in [0.2, 0.25) is 0 Å². The normalized spacial score (nSPS) is 21.1. The summed E-state index contributed by atoms with van der Waals surface area (Å²) in [5, 5.41) is 3.62. The van der Waals surface area contributed by atoms with Gasteiger partial charge < -0.3 is 14.8 Å². The lowest BCUT2D eigenvalue weighted by molar-refractivity contribution is -0.00605. The van der Waals surface area contributed by atoms with E-state index in [4.69, 9.17) is 9.47 Å². The van der Waals surface area contributed by atoms with Gasteiger partial charge in [0.2, 0.25) is 0 Å². The van der Waals surface area contributed by atoms with E-state index in [1.54, 1.807) is 0 Å². The van der Waals surface area contributed by atoms with Crippen molar-refractivity contribution in [3.63, 3.8) is 0 Å². The molecule has 0 fully saturated rings. The zero-order valence-electron chi connectivity index (χ0n) is 12.7. The molecule has 1 aliphatic rings. The first-order chi connectivity index (χ1) is 9.86. The lowest BCUT2D eigenvalue weighted by atomic mass is 10.1. The molecule has 2 atom stereocenters. The van der Waals surface area contributed by atoms with Crippen LogP contribution in [0.4, 0.5) is 0 Å². The molecule has 0 spiro atoms. The highest BCUT2D eigenvalue weighted by atomic mass is 16.5. The minimum absolute atomic E-state index is 0.240. The molecule has 3 heteroatoms. The summed E-state index contributed by atoms with van der Waals surface area (Å²) in [7, 11) is 0. The molecular weight excluding hydrogens is 250 g/mol. The molecule has 0 saturated carbocycles.